The molecular weight excluding hydrogens is 262 g/mol. The number of hydrogen-bond acceptors (Lipinski definition) is 2. The summed E-state index contributed by atoms with van der Waals surface area (Å²) in [4.78, 5) is 11.8. The third-order valence-corrected chi connectivity index (χ3v) is 4.44. The first-order valence-corrected chi connectivity index (χ1v) is 7.09. The normalized spacial score (nSPS) is 30.9. The van der Waals surface area contributed by atoms with E-state index in [1.165, 1.54) is 0 Å². The lowest BCUT2D eigenvalue weighted by atomic mass is 9.70. The molecule has 3 unspecified atom stereocenters. The van der Waals surface area contributed by atoms with E-state index in [0.717, 1.165) is 18.5 Å². The molecule has 0 saturated heterocycles. The number of rotatable bonds is 3. The van der Waals surface area contributed by atoms with Crippen LogP contribution in [-0.2, 0) is 4.79 Å². The van der Waals surface area contributed by atoms with Crippen molar-refractivity contribution >= 4 is 23.3 Å². The number of carboxylic acid groups (broad SMARTS) is 1. The average Bonchev–Trinajstić information content (AvgIpc) is 2.32. The van der Waals surface area contributed by atoms with Gasteiger partial charge in [0.2, 0.25) is 0 Å². The molecule has 1 aliphatic rings. The van der Waals surface area contributed by atoms with E-state index in [-0.39, 0.29) is 5.92 Å². The molecule has 0 aromatic heterocycles. The third kappa shape index (κ3) is 2.86. The van der Waals surface area contributed by atoms with Crippen LogP contribution in [0.15, 0.2) is 24.3 Å². The van der Waals surface area contributed by atoms with E-state index >= 15 is 0 Å². The van der Waals surface area contributed by atoms with Crippen molar-refractivity contribution in [1.29, 1.82) is 0 Å². The van der Waals surface area contributed by atoms with Crippen molar-refractivity contribution in [2.75, 3.05) is 5.32 Å². The molecular formula is C15H20ClNO2. The first-order valence-electron chi connectivity index (χ1n) is 6.71. The lowest BCUT2D eigenvalue weighted by Gasteiger charge is -2.42. The van der Waals surface area contributed by atoms with Crippen LogP contribution in [-0.4, -0.2) is 16.6 Å². The second kappa shape index (κ2) is 5.41. The smallest absolute Gasteiger partial charge is 0.329 e. The highest BCUT2D eigenvalue weighted by Crippen LogP contribution is 2.39. The van der Waals surface area contributed by atoms with Gasteiger partial charge in [0.05, 0.1) is 0 Å². The van der Waals surface area contributed by atoms with Gasteiger partial charge < -0.3 is 10.4 Å². The lowest BCUT2D eigenvalue weighted by Crippen LogP contribution is -2.54. The summed E-state index contributed by atoms with van der Waals surface area (Å²) in [5.41, 5.74) is -0.103. The topological polar surface area (TPSA) is 49.3 Å². The molecule has 0 aliphatic heterocycles. The first kappa shape index (κ1) is 14.2. The molecule has 3 nitrogen and oxygen atoms in total. The molecule has 1 aromatic carbocycles. The van der Waals surface area contributed by atoms with E-state index in [0.29, 0.717) is 17.4 Å². The summed E-state index contributed by atoms with van der Waals surface area (Å²) in [6, 6.07) is 7.25. The van der Waals surface area contributed by atoms with Crippen molar-refractivity contribution in [3.05, 3.63) is 29.3 Å². The maximum absolute atomic E-state index is 11.8. The number of benzene rings is 1. The number of carboxylic acids is 1. The van der Waals surface area contributed by atoms with Gasteiger partial charge in [-0.25, -0.2) is 4.79 Å². The zero-order valence-corrected chi connectivity index (χ0v) is 12.1. The highest BCUT2D eigenvalue weighted by molar-refractivity contribution is 6.30. The molecule has 19 heavy (non-hydrogen) atoms. The molecule has 0 heterocycles. The summed E-state index contributed by atoms with van der Waals surface area (Å²) in [7, 11) is 0. The fourth-order valence-corrected chi connectivity index (χ4v) is 3.21. The number of hydrogen-bond donors (Lipinski definition) is 2. The zero-order chi connectivity index (χ0) is 14.0. The molecule has 0 bridgehead atoms. The minimum absolute atomic E-state index is 0.0905. The summed E-state index contributed by atoms with van der Waals surface area (Å²) < 4.78 is 0. The van der Waals surface area contributed by atoms with Crippen LogP contribution in [0, 0.1) is 11.8 Å². The van der Waals surface area contributed by atoms with Gasteiger partial charge in [-0.05, 0) is 49.3 Å². The predicted molar refractivity (Wildman–Crippen MR) is 77.6 cm³/mol. The van der Waals surface area contributed by atoms with Gasteiger partial charge in [-0.15, -0.1) is 0 Å². The monoisotopic (exact) mass is 281 g/mol. The van der Waals surface area contributed by atoms with E-state index in [4.69, 9.17) is 11.6 Å². The minimum atomic E-state index is -0.878. The quantitative estimate of drug-likeness (QED) is 0.879. The maximum Gasteiger partial charge on any atom is 0.329 e. The van der Waals surface area contributed by atoms with Gasteiger partial charge >= 0.3 is 5.97 Å². The maximum atomic E-state index is 11.8. The number of carbonyl (C=O) groups is 1. The molecule has 104 valence electrons. The van der Waals surface area contributed by atoms with Crippen LogP contribution in [0.1, 0.15) is 33.1 Å². The predicted octanol–water partition coefficient (Wildman–Crippen LogP) is 4.03. The van der Waals surface area contributed by atoms with E-state index in [1.54, 1.807) is 12.1 Å². The van der Waals surface area contributed by atoms with Crippen molar-refractivity contribution in [2.24, 2.45) is 11.8 Å². The van der Waals surface area contributed by atoms with Crippen LogP contribution in [0.25, 0.3) is 0 Å². The first-order chi connectivity index (χ1) is 8.94. The van der Waals surface area contributed by atoms with Crippen LogP contribution in [0.3, 0.4) is 0 Å². The fourth-order valence-electron chi connectivity index (χ4n) is 3.02. The Morgan fingerprint density at radius 2 is 2.21 bits per heavy atom. The van der Waals surface area contributed by atoms with Crippen LogP contribution < -0.4 is 5.32 Å². The summed E-state index contributed by atoms with van der Waals surface area (Å²) in [6.07, 6.45) is 2.52. The molecule has 0 spiro atoms. The Bertz CT molecular complexity index is 477. The molecule has 0 amide bonds. The summed E-state index contributed by atoms with van der Waals surface area (Å²) in [5, 5.41) is 13.5. The molecule has 2 rings (SSSR count). The van der Waals surface area contributed by atoms with Crippen LogP contribution in [0.5, 0.6) is 0 Å². The fraction of sp³-hybridized carbons (Fsp3) is 0.533. The van der Waals surface area contributed by atoms with Crippen molar-refractivity contribution in [2.45, 2.75) is 38.6 Å². The van der Waals surface area contributed by atoms with Gasteiger partial charge in [-0.2, -0.15) is 0 Å². The Kier molecular flexibility index (Phi) is 4.04. The highest BCUT2D eigenvalue weighted by Gasteiger charge is 2.46. The van der Waals surface area contributed by atoms with Gasteiger partial charge in [-0.3, -0.25) is 0 Å². The summed E-state index contributed by atoms with van der Waals surface area (Å²) >= 11 is 5.96. The van der Waals surface area contributed by atoms with Crippen LogP contribution in [0.2, 0.25) is 5.02 Å². The summed E-state index contributed by atoms with van der Waals surface area (Å²) in [5.74, 6) is -0.0942. The van der Waals surface area contributed by atoms with E-state index in [1.807, 2.05) is 19.1 Å². The number of nitrogens with one attached hydrogen (secondary N) is 1. The molecule has 1 saturated carbocycles. The molecule has 1 aliphatic carbocycles. The van der Waals surface area contributed by atoms with E-state index in [2.05, 4.69) is 12.2 Å². The standard InChI is InChI=1S/C15H20ClNO2/c1-10-6-7-15(14(18)19,11(2)8-10)17-13-5-3-4-12(16)9-13/h3-5,9-11,17H,6-8H2,1-2H3,(H,18,19). The Labute approximate surface area is 119 Å². The van der Waals surface area contributed by atoms with Gasteiger partial charge in [-0.1, -0.05) is 31.5 Å². The Morgan fingerprint density at radius 1 is 1.47 bits per heavy atom. The van der Waals surface area contributed by atoms with Crippen LogP contribution >= 0.6 is 11.6 Å². The lowest BCUT2D eigenvalue weighted by molar-refractivity contribution is -0.145. The number of aliphatic carboxylic acids is 1. The number of halogens is 1. The average molecular weight is 282 g/mol. The van der Waals surface area contributed by atoms with Crippen molar-refractivity contribution in [3.63, 3.8) is 0 Å². The van der Waals surface area contributed by atoms with Crippen molar-refractivity contribution < 1.29 is 9.90 Å². The van der Waals surface area contributed by atoms with E-state index in [9.17, 15) is 9.90 Å². The third-order valence-electron chi connectivity index (χ3n) is 4.20. The molecule has 0 radical (unpaired) electrons. The van der Waals surface area contributed by atoms with Gasteiger partial charge in [0.15, 0.2) is 0 Å². The second-order valence-corrected chi connectivity index (χ2v) is 6.13. The van der Waals surface area contributed by atoms with Crippen molar-refractivity contribution in [1.82, 2.24) is 0 Å². The molecule has 1 fully saturated rings. The Morgan fingerprint density at radius 3 is 2.79 bits per heavy atom. The SMILES string of the molecule is CC1CCC(Nc2cccc(Cl)c2)(C(=O)O)C(C)C1. The van der Waals surface area contributed by atoms with Gasteiger partial charge in [0.1, 0.15) is 5.54 Å². The van der Waals surface area contributed by atoms with E-state index < -0.39 is 11.5 Å². The Hall–Kier alpha value is -1.22. The molecule has 3 atom stereocenters. The Balaban J connectivity index is 2.28. The number of anilines is 1. The van der Waals surface area contributed by atoms with Crippen LogP contribution in [0.4, 0.5) is 5.69 Å². The molecule has 1 aromatic rings. The van der Waals surface area contributed by atoms with Crippen molar-refractivity contribution in [3.8, 4) is 0 Å². The van der Waals surface area contributed by atoms with Gasteiger partial charge in [0.25, 0.3) is 0 Å². The zero-order valence-electron chi connectivity index (χ0n) is 11.3. The largest absolute Gasteiger partial charge is 0.479 e. The second-order valence-electron chi connectivity index (χ2n) is 5.69. The molecule has 2 N–H and O–H groups in total. The summed E-state index contributed by atoms with van der Waals surface area (Å²) in [6.45, 7) is 4.20. The highest BCUT2D eigenvalue weighted by atomic mass is 35.5. The van der Waals surface area contributed by atoms with Gasteiger partial charge in [0, 0.05) is 10.7 Å². The minimum Gasteiger partial charge on any atom is -0.479 e. The molecule has 4 heteroatoms.